The Morgan fingerprint density at radius 1 is 0.414 bits per heavy atom. The van der Waals surface area contributed by atoms with Crippen LogP contribution in [0.5, 0.6) is 17.2 Å². The molecule has 10 heteroatoms. The average molecular weight is 813 g/mol. The monoisotopic (exact) mass is 812 g/mol. The molecule has 0 saturated heterocycles. The molecule has 0 aliphatic heterocycles. The van der Waals surface area contributed by atoms with E-state index < -0.39 is 16.0 Å². The van der Waals surface area contributed by atoms with Crippen molar-refractivity contribution < 1.29 is 35.8 Å². The topological polar surface area (TPSA) is 97.3 Å². The van der Waals surface area contributed by atoms with E-state index in [1.807, 2.05) is 76.2 Å². The van der Waals surface area contributed by atoms with E-state index in [0.717, 1.165) is 117 Å². The molecule has 8 rings (SSSR count). The molecule has 58 heavy (non-hydrogen) atoms. The van der Waals surface area contributed by atoms with Crippen LogP contribution in [0.3, 0.4) is 0 Å². The van der Waals surface area contributed by atoms with E-state index >= 15 is 0 Å². The highest BCUT2D eigenvalue weighted by Gasteiger charge is 2.27. The fraction of sp³-hybridized carbons (Fsp3) is 0.229. The van der Waals surface area contributed by atoms with Gasteiger partial charge in [0.25, 0.3) is 16.0 Å². The number of hydrogen-bond acceptors (Lipinski definition) is 8. The normalized spacial score (nSPS) is 11.7. The highest BCUT2D eigenvalue weighted by Crippen LogP contribution is 2.57. The highest BCUT2D eigenvalue weighted by atomic mass is 31.1. The number of carbonyl (C=O) groups excluding carboxylic acids is 1. The average Bonchev–Trinajstić information content (AvgIpc) is 3.48. The maximum atomic E-state index is 12.2. The fourth-order valence-corrected chi connectivity index (χ4v) is 11.7. The summed E-state index contributed by atoms with van der Waals surface area (Å²) in [6, 6.07) is 24.2. The van der Waals surface area contributed by atoms with Crippen molar-refractivity contribution in [3.63, 3.8) is 0 Å². The third kappa shape index (κ3) is 6.55. The van der Waals surface area contributed by atoms with Gasteiger partial charge in [0.2, 0.25) is 0 Å². The summed E-state index contributed by atoms with van der Waals surface area (Å²) in [5, 5.41) is 5.25. The zero-order chi connectivity index (χ0) is 41.2. The van der Waals surface area contributed by atoms with Gasteiger partial charge < -0.3 is 31.0 Å². The molecule has 0 aliphatic rings. The van der Waals surface area contributed by atoms with Gasteiger partial charge in [-0.3, -0.25) is 4.79 Å². The molecule has 6 aromatic carbocycles. The molecule has 8 nitrogen and oxygen atoms in total. The lowest BCUT2D eigenvalue weighted by Gasteiger charge is -2.20. The molecular formula is C48H46O8P2. The molecule has 2 heterocycles. The third-order valence-corrected chi connectivity index (χ3v) is 14.2. The number of aryl methyl sites for hydroxylation is 8. The molecule has 0 spiro atoms. The van der Waals surface area contributed by atoms with Crippen LogP contribution in [-0.4, -0.2) is 27.6 Å². The van der Waals surface area contributed by atoms with E-state index in [0.29, 0.717) is 22.5 Å². The van der Waals surface area contributed by atoms with Crippen LogP contribution in [0.25, 0.3) is 65.6 Å². The summed E-state index contributed by atoms with van der Waals surface area (Å²) in [5.41, 5.74) is 13.2. The molecule has 2 aromatic heterocycles. The van der Waals surface area contributed by atoms with Crippen LogP contribution in [0.4, 0.5) is 0 Å². The second-order valence-corrected chi connectivity index (χ2v) is 17.7. The van der Waals surface area contributed by atoms with E-state index in [9.17, 15) is 4.79 Å². The van der Waals surface area contributed by atoms with Crippen molar-refractivity contribution in [2.45, 2.75) is 55.4 Å². The standard InChI is InChI=1S/C48H46O8P2/c1-25-12-14-27(3)47(57-53-43-29(5)16-33(24-49)20-37(43)38-21-34(50-9)17-30(6)44(38)54-57)41(25)42-26(2)13-15-28(4)48(42)58-55-45-31(7)18-35(51-10)22-39(45)40-23-36(52-11)19-32(8)46(40)56-58/h12-24H,1-11H3. The van der Waals surface area contributed by atoms with E-state index in [2.05, 4.69) is 52.0 Å². The minimum Gasteiger partial charge on any atom is -0.497 e. The molecule has 1 unspecified atom stereocenters. The summed E-state index contributed by atoms with van der Waals surface area (Å²) in [7, 11) is 1.42. The van der Waals surface area contributed by atoms with E-state index in [4.69, 9.17) is 31.0 Å². The van der Waals surface area contributed by atoms with Crippen LogP contribution >= 0.6 is 16.0 Å². The summed E-state index contributed by atoms with van der Waals surface area (Å²) in [4.78, 5) is 12.2. The molecule has 8 aromatic rings. The lowest BCUT2D eigenvalue weighted by molar-refractivity contribution is 0.112. The second-order valence-electron chi connectivity index (χ2n) is 15.0. The van der Waals surface area contributed by atoms with Crippen LogP contribution in [0.2, 0.25) is 0 Å². The van der Waals surface area contributed by atoms with Gasteiger partial charge in [0.15, 0.2) is 0 Å². The summed E-state index contributed by atoms with van der Waals surface area (Å²) in [6.45, 7) is 16.6. The Morgan fingerprint density at radius 2 is 0.724 bits per heavy atom. The van der Waals surface area contributed by atoms with Crippen molar-refractivity contribution in [2.24, 2.45) is 0 Å². The van der Waals surface area contributed by atoms with Crippen molar-refractivity contribution in [2.75, 3.05) is 21.3 Å². The molecule has 0 bridgehead atoms. The third-order valence-electron chi connectivity index (χ3n) is 11.0. The summed E-state index contributed by atoms with van der Waals surface area (Å²) in [6.07, 6.45) is 0.867. The van der Waals surface area contributed by atoms with Crippen molar-refractivity contribution in [1.82, 2.24) is 0 Å². The maximum Gasteiger partial charge on any atom is 0.253 e. The van der Waals surface area contributed by atoms with E-state index in [1.165, 1.54) is 0 Å². The van der Waals surface area contributed by atoms with Crippen LogP contribution < -0.4 is 14.2 Å². The Bertz CT molecular complexity index is 3010. The lowest BCUT2D eigenvalue weighted by Crippen LogP contribution is -1.95. The van der Waals surface area contributed by atoms with E-state index in [1.54, 1.807) is 21.3 Å². The van der Waals surface area contributed by atoms with Crippen LogP contribution in [0, 0.1) is 55.4 Å². The number of methoxy groups -OCH3 is 3. The number of carbonyl (C=O) groups is 1. The molecule has 0 saturated carbocycles. The Labute approximate surface area is 339 Å². The molecule has 0 N–H and O–H groups in total. The molecule has 0 radical (unpaired) electrons. The van der Waals surface area contributed by atoms with Crippen molar-refractivity contribution in [1.29, 1.82) is 0 Å². The molecular weight excluding hydrogens is 766 g/mol. The first-order valence-corrected chi connectivity index (χ1v) is 21.4. The second kappa shape index (κ2) is 15.2. The highest BCUT2D eigenvalue weighted by molar-refractivity contribution is 7.47. The lowest BCUT2D eigenvalue weighted by atomic mass is 9.93. The van der Waals surface area contributed by atoms with Crippen LogP contribution in [0.15, 0.2) is 89.6 Å². The van der Waals surface area contributed by atoms with Gasteiger partial charge in [-0.1, -0.05) is 24.3 Å². The number of hydrogen-bond donors (Lipinski definition) is 0. The molecule has 296 valence electrons. The number of ether oxygens (including phenoxy) is 3. The quantitative estimate of drug-likeness (QED) is 0.147. The van der Waals surface area contributed by atoms with Crippen molar-refractivity contribution >= 4 is 66.2 Å². The Kier molecular flexibility index (Phi) is 10.2. The van der Waals surface area contributed by atoms with Gasteiger partial charge in [0.05, 0.1) is 31.9 Å². The first-order chi connectivity index (χ1) is 27.8. The molecule has 0 fully saturated rings. The van der Waals surface area contributed by atoms with Crippen LogP contribution in [-0.2, 0) is 0 Å². The minimum atomic E-state index is -1.80. The summed E-state index contributed by atoms with van der Waals surface area (Å²) in [5.74, 6) is 2.14. The SMILES string of the molecule is COc1cc(C)c2op(-c3c(C)ccc(C)c3-c3c(C)ccc(C)c3-p3oc4c(C)cc(OC)cc4c4cc(OC)cc(C)c4o3)oc3c(C)cc(C=O)cc3c2c1. The van der Waals surface area contributed by atoms with Gasteiger partial charge in [-0.2, -0.15) is 0 Å². The van der Waals surface area contributed by atoms with Gasteiger partial charge >= 0.3 is 0 Å². The van der Waals surface area contributed by atoms with Gasteiger partial charge in [-0.25, -0.2) is 0 Å². The van der Waals surface area contributed by atoms with Crippen molar-refractivity contribution in [3.8, 4) is 39.0 Å². The Morgan fingerprint density at radius 3 is 1.05 bits per heavy atom. The summed E-state index contributed by atoms with van der Waals surface area (Å²) >= 11 is 0. The zero-order valence-electron chi connectivity index (χ0n) is 34.7. The van der Waals surface area contributed by atoms with E-state index in [-0.39, 0.29) is 0 Å². The fourth-order valence-electron chi connectivity index (χ4n) is 7.98. The predicted molar refractivity (Wildman–Crippen MR) is 237 cm³/mol. The number of aldehydes is 1. The first-order valence-electron chi connectivity index (χ1n) is 19.0. The molecule has 0 aliphatic carbocycles. The van der Waals surface area contributed by atoms with Gasteiger partial charge in [-0.15, -0.1) is 0 Å². The number of benzene rings is 6. The number of fused-ring (bicyclic) bond motifs is 6. The van der Waals surface area contributed by atoms with Crippen LogP contribution in [0.1, 0.15) is 54.9 Å². The molecule has 1 atom stereocenters. The smallest absolute Gasteiger partial charge is 0.253 e. The Hall–Kier alpha value is -5.81. The van der Waals surface area contributed by atoms with Crippen molar-refractivity contribution in [3.05, 3.63) is 123 Å². The first kappa shape index (κ1) is 39.0. The van der Waals surface area contributed by atoms with Gasteiger partial charge in [0.1, 0.15) is 45.9 Å². The van der Waals surface area contributed by atoms with Gasteiger partial charge in [0, 0.05) is 38.2 Å². The predicted octanol–water partition coefficient (Wildman–Crippen LogP) is 14.8. The Balaban J connectivity index is 1.53. The largest absolute Gasteiger partial charge is 0.497 e. The van der Waals surface area contributed by atoms with Gasteiger partial charge in [-0.05, 0) is 148 Å². The zero-order valence-corrected chi connectivity index (χ0v) is 36.5. The summed E-state index contributed by atoms with van der Waals surface area (Å²) < 4.78 is 45.8. The maximum absolute atomic E-state index is 12.2. The number of rotatable bonds is 7. The minimum absolute atomic E-state index is 0.557. The molecule has 0 amide bonds.